The van der Waals surface area contributed by atoms with E-state index in [9.17, 15) is 22.4 Å². The fraction of sp³-hybridized carbons (Fsp3) is 0.250. The summed E-state index contributed by atoms with van der Waals surface area (Å²) in [7, 11) is 3.45. The Hall–Kier alpha value is -3.65. The number of anilines is 1. The molecule has 36 heavy (non-hydrogen) atoms. The maximum Gasteiger partial charge on any atom is 0.416 e. The van der Waals surface area contributed by atoms with E-state index in [1.165, 1.54) is 31.4 Å². The van der Waals surface area contributed by atoms with Crippen molar-refractivity contribution in [1.82, 2.24) is 4.90 Å². The Morgan fingerprint density at radius 3 is 2.33 bits per heavy atom. The Kier molecular flexibility index (Phi) is 7.45. The van der Waals surface area contributed by atoms with Crippen LogP contribution in [0.2, 0.25) is 0 Å². The first-order chi connectivity index (χ1) is 17.2. The van der Waals surface area contributed by atoms with Crippen LogP contribution < -0.4 is 9.64 Å². The quantitative estimate of drug-likeness (QED) is 0.231. The van der Waals surface area contributed by atoms with Gasteiger partial charge >= 0.3 is 6.18 Å². The maximum atomic E-state index is 14.4. The molecule has 3 aromatic rings. The third kappa shape index (κ3) is 5.76. The average molecular weight is 499 g/mol. The lowest BCUT2D eigenvalue weighted by molar-refractivity contribution is -0.137. The van der Waals surface area contributed by atoms with Crippen molar-refractivity contribution in [1.29, 1.82) is 0 Å². The highest BCUT2D eigenvalue weighted by Gasteiger charge is 2.30. The van der Waals surface area contributed by atoms with E-state index in [2.05, 4.69) is 9.80 Å². The Labute approximate surface area is 207 Å². The first-order valence-electron chi connectivity index (χ1n) is 11.5. The molecule has 0 N–H and O–H groups in total. The zero-order valence-electron chi connectivity index (χ0n) is 20.0. The number of ketones is 1. The molecule has 0 bridgehead atoms. The molecule has 0 unspecified atom stereocenters. The monoisotopic (exact) mass is 498 g/mol. The van der Waals surface area contributed by atoms with Crippen molar-refractivity contribution in [2.45, 2.75) is 6.18 Å². The number of benzene rings is 3. The number of alkyl halides is 3. The molecule has 1 fully saturated rings. The summed E-state index contributed by atoms with van der Waals surface area (Å²) in [5, 5.41) is 0. The van der Waals surface area contributed by atoms with E-state index >= 15 is 0 Å². The number of hydrogen-bond donors (Lipinski definition) is 0. The number of piperazine rings is 1. The lowest BCUT2D eigenvalue weighted by atomic mass is 9.98. The molecule has 1 aliphatic heterocycles. The smallest absolute Gasteiger partial charge is 0.416 e. The Balaban J connectivity index is 1.71. The second kappa shape index (κ2) is 10.5. The maximum absolute atomic E-state index is 14.4. The van der Waals surface area contributed by atoms with Crippen molar-refractivity contribution in [2.75, 3.05) is 45.2 Å². The minimum atomic E-state index is -4.45. The van der Waals surface area contributed by atoms with Gasteiger partial charge in [0.1, 0.15) is 11.6 Å². The van der Waals surface area contributed by atoms with E-state index in [1.807, 2.05) is 13.1 Å². The number of methoxy groups -OCH3 is 1. The molecule has 8 heteroatoms. The van der Waals surface area contributed by atoms with E-state index < -0.39 is 23.3 Å². The summed E-state index contributed by atoms with van der Waals surface area (Å²) >= 11 is 0. The van der Waals surface area contributed by atoms with Crippen molar-refractivity contribution in [3.05, 3.63) is 89.2 Å². The molecule has 4 rings (SSSR count). The van der Waals surface area contributed by atoms with Gasteiger partial charge in [0.25, 0.3) is 0 Å². The number of likely N-dealkylation sites (N-methyl/N-ethyl adjacent to an activating group) is 1. The van der Waals surface area contributed by atoms with Gasteiger partial charge < -0.3 is 14.5 Å². The Bertz CT molecular complexity index is 1280. The second-order valence-electron chi connectivity index (χ2n) is 8.69. The van der Waals surface area contributed by atoms with Gasteiger partial charge in [0, 0.05) is 37.9 Å². The van der Waals surface area contributed by atoms with Gasteiger partial charge in [-0.2, -0.15) is 13.2 Å². The van der Waals surface area contributed by atoms with Crippen molar-refractivity contribution in [3.63, 3.8) is 0 Å². The summed E-state index contributed by atoms with van der Waals surface area (Å²) in [4.78, 5) is 17.1. The summed E-state index contributed by atoms with van der Waals surface area (Å²) in [6.45, 7) is 3.24. The van der Waals surface area contributed by atoms with Crippen LogP contribution in [-0.4, -0.2) is 51.0 Å². The lowest BCUT2D eigenvalue weighted by Gasteiger charge is -2.35. The van der Waals surface area contributed by atoms with Crippen molar-refractivity contribution >= 4 is 17.5 Å². The van der Waals surface area contributed by atoms with Crippen LogP contribution in [0.5, 0.6) is 5.75 Å². The van der Waals surface area contributed by atoms with Crippen LogP contribution in [0.1, 0.15) is 21.5 Å². The van der Waals surface area contributed by atoms with Gasteiger partial charge in [-0.25, -0.2) is 4.39 Å². The fourth-order valence-corrected chi connectivity index (χ4v) is 4.16. The van der Waals surface area contributed by atoms with Crippen LogP contribution in [0.3, 0.4) is 0 Å². The molecule has 188 valence electrons. The van der Waals surface area contributed by atoms with Gasteiger partial charge in [0.15, 0.2) is 5.78 Å². The summed E-state index contributed by atoms with van der Waals surface area (Å²) in [6.07, 6.45) is -1.57. The SMILES string of the molecule is COc1ccc(C(=O)/C=C/c2cc(-c3cccc(C(F)(F)F)c3)ccc2N2CCN(C)CC2)c(F)c1. The molecular formula is C28H26F4N2O2. The average Bonchev–Trinajstić information content (AvgIpc) is 2.87. The molecule has 1 aliphatic rings. The minimum absolute atomic E-state index is 0.0952. The van der Waals surface area contributed by atoms with Crippen LogP contribution in [-0.2, 0) is 6.18 Å². The Morgan fingerprint density at radius 1 is 0.944 bits per heavy atom. The molecule has 3 aromatic carbocycles. The number of carbonyl (C=O) groups excluding carboxylic acids is 1. The highest BCUT2D eigenvalue weighted by molar-refractivity contribution is 6.07. The van der Waals surface area contributed by atoms with Crippen LogP contribution in [0.15, 0.2) is 66.7 Å². The molecule has 0 atom stereocenters. The predicted molar refractivity (Wildman–Crippen MR) is 133 cm³/mol. The standard InChI is InChI=1S/C28H26F4N2O2/c1-33-12-14-34(15-13-33)26-10-6-20(19-4-3-5-22(17-19)28(30,31)32)16-21(26)7-11-27(35)24-9-8-23(36-2)18-25(24)29/h3-11,16-18H,12-15H2,1-2H3/b11-7+. The molecular weight excluding hydrogens is 472 g/mol. The largest absolute Gasteiger partial charge is 0.497 e. The van der Waals surface area contributed by atoms with Gasteiger partial charge in [-0.1, -0.05) is 18.2 Å². The molecule has 0 saturated carbocycles. The number of rotatable bonds is 6. The van der Waals surface area contributed by atoms with Crippen LogP contribution in [0.25, 0.3) is 17.2 Å². The van der Waals surface area contributed by atoms with E-state index in [0.717, 1.165) is 50.1 Å². The van der Waals surface area contributed by atoms with Crippen LogP contribution in [0.4, 0.5) is 23.2 Å². The highest BCUT2D eigenvalue weighted by atomic mass is 19.4. The highest BCUT2D eigenvalue weighted by Crippen LogP contribution is 2.34. The number of hydrogen-bond acceptors (Lipinski definition) is 4. The first-order valence-corrected chi connectivity index (χ1v) is 11.5. The first kappa shape index (κ1) is 25.4. The zero-order valence-corrected chi connectivity index (χ0v) is 20.0. The molecule has 1 heterocycles. The van der Waals surface area contributed by atoms with E-state index in [1.54, 1.807) is 24.3 Å². The van der Waals surface area contributed by atoms with Crippen molar-refractivity contribution in [2.24, 2.45) is 0 Å². The van der Waals surface area contributed by atoms with E-state index in [-0.39, 0.29) is 5.56 Å². The third-order valence-electron chi connectivity index (χ3n) is 6.25. The van der Waals surface area contributed by atoms with E-state index in [0.29, 0.717) is 22.4 Å². The molecule has 0 radical (unpaired) electrons. The van der Waals surface area contributed by atoms with Gasteiger partial charge in [0.2, 0.25) is 0 Å². The molecule has 0 aliphatic carbocycles. The van der Waals surface area contributed by atoms with Crippen LogP contribution in [0, 0.1) is 5.82 Å². The number of ether oxygens (including phenoxy) is 1. The predicted octanol–water partition coefficient (Wildman–Crippen LogP) is 6.17. The summed E-state index contributed by atoms with van der Waals surface area (Å²) < 4.78 is 59.1. The summed E-state index contributed by atoms with van der Waals surface area (Å²) in [5.74, 6) is -0.913. The van der Waals surface area contributed by atoms with Crippen molar-refractivity contribution in [3.8, 4) is 16.9 Å². The van der Waals surface area contributed by atoms with E-state index in [4.69, 9.17) is 4.74 Å². The molecule has 0 spiro atoms. The summed E-state index contributed by atoms with van der Waals surface area (Å²) in [5.41, 5.74) is 1.70. The van der Waals surface area contributed by atoms with Crippen molar-refractivity contribution < 1.29 is 27.1 Å². The topological polar surface area (TPSA) is 32.8 Å². The fourth-order valence-electron chi connectivity index (χ4n) is 4.16. The second-order valence-corrected chi connectivity index (χ2v) is 8.69. The summed E-state index contributed by atoms with van der Waals surface area (Å²) in [6, 6.07) is 14.5. The normalized spacial score (nSPS) is 14.9. The number of nitrogens with zero attached hydrogens (tertiary/aromatic N) is 2. The van der Waals surface area contributed by atoms with Gasteiger partial charge in [-0.3, -0.25) is 4.79 Å². The van der Waals surface area contributed by atoms with Gasteiger partial charge in [-0.15, -0.1) is 0 Å². The Morgan fingerprint density at radius 2 is 1.67 bits per heavy atom. The molecule has 0 amide bonds. The molecule has 1 saturated heterocycles. The number of halogens is 4. The van der Waals surface area contributed by atoms with Crippen LogP contribution >= 0.6 is 0 Å². The minimum Gasteiger partial charge on any atom is -0.497 e. The number of carbonyl (C=O) groups is 1. The lowest BCUT2D eigenvalue weighted by Crippen LogP contribution is -2.44. The third-order valence-corrected chi connectivity index (χ3v) is 6.25. The number of allylic oxidation sites excluding steroid dienone is 1. The zero-order chi connectivity index (χ0) is 25.9. The van der Waals surface area contributed by atoms with Gasteiger partial charge in [0.05, 0.1) is 18.2 Å². The molecule has 4 nitrogen and oxygen atoms in total. The van der Waals surface area contributed by atoms with Gasteiger partial charge in [-0.05, 0) is 72.3 Å². The molecule has 0 aromatic heterocycles.